The Bertz CT molecular complexity index is 785. The molecule has 1 fully saturated rings. The number of anilines is 2. The number of benzene rings is 1. The molecule has 4 nitrogen and oxygen atoms in total. The zero-order valence-corrected chi connectivity index (χ0v) is 15.4. The average Bonchev–Trinajstić information content (AvgIpc) is 2.92. The van der Waals surface area contributed by atoms with E-state index < -0.39 is 0 Å². The van der Waals surface area contributed by atoms with Crippen molar-refractivity contribution in [3.05, 3.63) is 39.6 Å². The summed E-state index contributed by atoms with van der Waals surface area (Å²) < 4.78 is 0. The molecule has 2 aliphatic rings. The molecule has 3 heterocycles. The number of amidine groups is 1. The summed E-state index contributed by atoms with van der Waals surface area (Å²) in [7, 11) is 2.19. The van der Waals surface area contributed by atoms with Crippen LogP contribution in [0.2, 0.25) is 0 Å². The Kier molecular flexibility index (Phi) is 4.06. The van der Waals surface area contributed by atoms with Gasteiger partial charge in [-0.2, -0.15) is 0 Å². The molecule has 1 aromatic carbocycles. The number of rotatable bonds is 1. The summed E-state index contributed by atoms with van der Waals surface area (Å²) in [6.45, 7) is 8.60. The van der Waals surface area contributed by atoms with E-state index in [0.717, 1.165) is 49.8 Å². The normalized spacial score (nSPS) is 17.6. The minimum Gasteiger partial charge on any atom is -0.353 e. The molecule has 2 aliphatic heterocycles. The van der Waals surface area contributed by atoms with Gasteiger partial charge in [-0.15, -0.1) is 11.3 Å². The van der Waals surface area contributed by atoms with Crippen molar-refractivity contribution in [2.24, 2.45) is 4.99 Å². The predicted octanol–water partition coefficient (Wildman–Crippen LogP) is 4.00. The highest BCUT2D eigenvalue weighted by Gasteiger charge is 2.26. The maximum atomic E-state index is 5.09. The Morgan fingerprint density at radius 1 is 1.12 bits per heavy atom. The lowest BCUT2D eigenvalue weighted by molar-refractivity contribution is 0.216. The van der Waals surface area contributed by atoms with Crippen molar-refractivity contribution < 1.29 is 0 Å². The van der Waals surface area contributed by atoms with Crippen LogP contribution in [0.3, 0.4) is 0 Å². The third kappa shape index (κ3) is 2.82. The van der Waals surface area contributed by atoms with E-state index in [1.165, 1.54) is 21.0 Å². The molecule has 24 heavy (non-hydrogen) atoms. The largest absolute Gasteiger partial charge is 0.353 e. The number of thiophene rings is 1. The van der Waals surface area contributed by atoms with E-state index in [9.17, 15) is 0 Å². The number of fused-ring (bicyclic) bond motifs is 2. The third-order valence-electron chi connectivity index (χ3n) is 4.79. The van der Waals surface area contributed by atoms with E-state index in [1.54, 1.807) is 0 Å². The van der Waals surface area contributed by atoms with Crippen LogP contribution in [0.4, 0.5) is 17.1 Å². The maximum absolute atomic E-state index is 5.09. The lowest BCUT2D eigenvalue weighted by Gasteiger charge is -2.34. The highest BCUT2D eigenvalue weighted by Crippen LogP contribution is 2.39. The molecule has 0 bridgehead atoms. The van der Waals surface area contributed by atoms with Crippen LogP contribution in [-0.4, -0.2) is 48.9 Å². The van der Waals surface area contributed by atoms with Crippen molar-refractivity contribution in [1.82, 2.24) is 9.80 Å². The molecule has 0 unspecified atom stereocenters. The van der Waals surface area contributed by atoms with Gasteiger partial charge >= 0.3 is 0 Å². The fourth-order valence-corrected chi connectivity index (χ4v) is 4.33. The summed E-state index contributed by atoms with van der Waals surface area (Å²) in [5, 5.41) is 3.64. The van der Waals surface area contributed by atoms with Gasteiger partial charge in [-0.3, -0.25) is 0 Å². The van der Waals surface area contributed by atoms with Crippen LogP contribution in [0.25, 0.3) is 0 Å². The van der Waals surface area contributed by atoms with E-state index in [0.29, 0.717) is 0 Å². The number of hydrogen-bond acceptors (Lipinski definition) is 5. The SMILES string of the molecule is CCc1cc2c(s1)C(N1CCN(C)CC1)=Nc1ccc(C)cc1N2. The Morgan fingerprint density at radius 2 is 1.92 bits per heavy atom. The van der Waals surface area contributed by atoms with Crippen LogP contribution in [-0.2, 0) is 6.42 Å². The van der Waals surface area contributed by atoms with E-state index in [4.69, 9.17) is 4.99 Å². The van der Waals surface area contributed by atoms with Gasteiger partial charge in [0, 0.05) is 31.1 Å². The molecule has 2 aromatic rings. The summed E-state index contributed by atoms with van der Waals surface area (Å²) in [5.74, 6) is 1.14. The fraction of sp³-hybridized carbons (Fsp3) is 0.421. The number of likely N-dealkylation sites (N-methyl/N-ethyl adjacent to an activating group) is 1. The van der Waals surface area contributed by atoms with Gasteiger partial charge in [-0.25, -0.2) is 4.99 Å². The monoisotopic (exact) mass is 340 g/mol. The summed E-state index contributed by atoms with van der Waals surface area (Å²) in [4.78, 5) is 12.6. The van der Waals surface area contributed by atoms with Crippen molar-refractivity contribution in [1.29, 1.82) is 0 Å². The van der Waals surface area contributed by atoms with Crippen LogP contribution < -0.4 is 5.32 Å². The summed E-state index contributed by atoms with van der Waals surface area (Å²) >= 11 is 1.88. The number of aryl methyl sites for hydroxylation is 2. The first-order valence-corrected chi connectivity index (χ1v) is 9.48. The Labute approximate surface area is 147 Å². The second-order valence-corrected chi connectivity index (χ2v) is 7.82. The molecular weight excluding hydrogens is 316 g/mol. The summed E-state index contributed by atoms with van der Waals surface area (Å²) in [6.07, 6.45) is 1.07. The number of piperazine rings is 1. The van der Waals surface area contributed by atoms with Gasteiger partial charge in [-0.05, 0) is 44.2 Å². The highest BCUT2D eigenvalue weighted by atomic mass is 32.1. The topological polar surface area (TPSA) is 30.9 Å². The van der Waals surface area contributed by atoms with Crippen molar-refractivity contribution in [2.45, 2.75) is 20.3 Å². The van der Waals surface area contributed by atoms with Crippen molar-refractivity contribution in [3.8, 4) is 0 Å². The lowest BCUT2D eigenvalue weighted by Crippen LogP contribution is -2.47. The van der Waals surface area contributed by atoms with Crippen LogP contribution >= 0.6 is 11.3 Å². The van der Waals surface area contributed by atoms with Crippen molar-refractivity contribution >= 4 is 34.2 Å². The van der Waals surface area contributed by atoms with E-state index in [-0.39, 0.29) is 0 Å². The molecule has 0 radical (unpaired) electrons. The number of hydrogen-bond donors (Lipinski definition) is 1. The number of aliphatic imine (C=N–C) groups is 1. The Hall–Kier alpha value is -1.85. The average molecular weight is 340 g/mol. The van der Waals surface area contributed by atoms with Crippen LogP contribution in [0, 0.1) is 6.92 Å². The van der Waals surface area contributed by atoms with Gasteiger partial charge in [-0.1, -0.05) is 13.0 Å². The maximum Gasteiger partial charge on any atom is 0.148 e. The molecule has 4 rings (SSSR count). The molecule has 126 valence electrons. The predicted molar refractivity (Wildman–Crippen MR) is 103 cm³/mol. The van der Waals surface area contributed by atoms with E-state index >= 15 is 0 Å². The van der Waals surface area contributed by atoms with Gasteiger partial charge in [0.1, 0.15) is 5.84 Å². The van der Waals surface area contributed by atoms with Gasteiger partial charge < -0.3 is 15.1 Å². The van der Waals surface area contributed by atoms with Gasteiger partial charge in [0.15, 0.2) is 0 Å². The molecule has 0 saturated carbocycles. The van der Waals surface area contributed by atoms with E-state index in [2.05, 4.69) is 60.3 Å². The molecule has 1 aromatic heterocycles. The zero-order chi connectivity index (χ0) is 16.7. The first-order valence-electron chi connectivity index (χ1n) is 8.67. The fourth-order valence-electron chi connectivity index (χ4n) is 3.27. The van der Waals surface area contributed by atoms with E-state index in [1.807, 2.05) is 11.3 Å². The van der Waals surface area contributed by atoms with Gasteiger partial charge in [0.25, 0.3) is 0 Å². The second-order valence-electron chi connectivity index (χ2n) is 6.68. The van der Waals surface area contributed by atoms with Crippen LogP contribution in [0.5, 0.6) is 0 Å². The van der Waals surface area contributed by atoms with Crippen molar-refractivity contribution in [2.75, 3.05) is 38.5 Å². The van der Waals surface area contributed by atoms with Gasteiger partial charge in [0.2, 0.25) is 0 Å². The second kappa shape index (κ2) is 6.22. The zero-order valence-electron chi connectivity index (χ0n) is 14.6. The lowest BCUT2D eigenvalue weighted by atomic mass is 10.2. The van der Waals surface area contributed by atoms with Crippen molar-refractivity contribution in [3.63, 3.8) is 0 Å². The summed E-state index contributed by atoms with van der Waals surface area (Å²) in [5.41, 5.74) is 4.61. The number of nitrogens with one attached hydrogen (secondary N) is 1. The smallest absolute Gasteiger partial charge is 0.148 e. The molecule has 0 spiro atoms. The first kappa shape index (κ1) is 15.7. The Morgan fingerprint density at radius 3 is 2.67 bits per heavy atom. The highest BCUT2D eigenvalue weighted by molar-refractivity contribution is 7.14. The number of nitrogens with zero attached hydrogens (tertiary/aromatic N) is 3. The van der Waals surface area contributed by atoms with Crippen LogP contribution in [0.1, 0.15) is 22.2 Å². The Balaban J connectivity index is 1.81. The standard InChI is InChI=1S/C19H24N4S/c1-4-14-12-17-18(24-14)19(23-9-7-22(3)8-10-23)21-15-6-5-13(2)11-16(15)20-17/h5-6,11-12,20H,4,7-10H2,1-3H3. The molecule has 0 amide bonds. The quantitative estimate of drug-likeness (QED) is 0.851. The summed E-state index contributed by atoms with van der Waals surface area (Å²) in [6, 6.07) is 8.76. The molecule has 1 N–H and O–H groups in total. The third-order valence-corrected chi connectivity index (χ3v) is 6.06. The minimum absolute atomic E-state index is 1.04. The van der Waals surface area contributed by atoms with Crippen LogP contribution in [0.15, 0.2) is 29.3 Å². The first-order chi connectivity index (χ1) is 11.6. The molecule has 0 aliphatic carbocycles. The molecule has 0 atom stereocenters. The molecule has 1 saturated heterocycles. The molecular formula is C19H24N4S. The minimum atomic E-state index is 1.04. The van der Waals surface area contributed by atoms with Gasteiger partial charge in [0.05, 0.1) is 21.9 Å². The molecule has 5 heteroatoms.